The molecule has 7 nitrogen and oxygen atoms in total. The minimum Gasteiger partial charge on any atom is -0.358 e. The Kier molecular flexibility index (Phi) is 8.45. The van der Waals surface area contributed by atoms with Gasteiger partial charge in [-0.1, -0.05) is 25.3 Å². The molecule has 0 aromatic heterocycles. The fourth-order valence-electron chi connectivity index (χ4n) is 4.63. The summed E-state index contributed by atoms with van der Waals surface area (Å²) in [5, 5.41) is 0. The van der Waals surface area contributed by atoms with Gasteiger partial charge in [0.1, 0.15) is 12.4 Å². The summed E-state index contributed by atoms with van der Waals surface area (Å²) in [5.74, 6) is 0.866. The number of aryl methyl sites for hydroxylation is 2. The molecule has 182 valence electrons. The minimum absolute atomic E-state index is 0.0617. The number of piperazine rings is 2. The van der Waals surface area contributed by atoms with E-state index in [4.69, 9.17) is 0 Å². The predicted octanol–water partition coefficient (Wildman–Crippen LogP) is 3.36. The second-order valence-corrected chi connectivity index (χ2v) is 9.03. The first-order valence-corrected chi connectivity index (χ1v) is 11.9. The zero-order valence-corrected chi connectivity index (χ0v) is 21.0. The van der Waals surface area contributed by atoms with Gasteiger partial charge in [0, 0.05) is 63.3 Å². The molecule has 0 unspecified atom stereocenters. The lowest BCUT2D eigenvalue weighted by Gasteiger charge is -2.36. The summed E-state index contributed by atoms with van der Waals surface area (Å²) in [7, 11) is 0. The predicted molar refractivity (Wildman–Crippen MR) is 138 cm³/mol. The molecule has 2 saturated heterocycles. The molecular weight excluding hydrogens is 426 g/mol. The summed E-state index contributed by atoms with van der Waals surface area (Å²) in [6.07, 6.45) is 5.08. The standard InChI is InChI=1S/C27H37N5O2/c1-7-9-22(5)32-15-14-31(19-26(32)33)27(34)25-17-24(20(3)16-21(25)4)18-29-10-12-30(13-11-29)23(6)28-8-2/h7-9,16-17H,1-2,10-15,18-19H2,3-6H3/b22-9+,28-23+. The Morgan fingerprint density at radius 3 is 2.29 bits per heavy atom. The number of carbonyl (C=O) groups excluding carboxylic acids is 2. The molecule has 34 heavy (non-hydrogen) atoms. The van der Waals surface area contributed by atoms with E-state index in [1.807, 2.05) is 32.9 Å². The number of amidine groups is 1. The van der Waals surface area contributed by atoms with Crippen LogP contribution in [0, 0.1) is 13.8 Å². The van der Waals surface area contributed by atoms with Crippen molar-refractivity contribution in [1.29, 1.82) is 0 Å². The van der Waals surface area contributed by atoms with Gasteiger partial charge in [-0.05, 0) is 56.5 Å². The van der Waals surface area contributed by atoms with E-state index < -0.39 is 0 Å². The molecule has 2 amide bonds. The molecule has 2 fully saturated rings. The Balaban J connectivity index is 1.69. The molecule has 2 heterocycles. The molecule has 7 heteroatoms. The number of hydrogen-bond acceptors (Lipinski definition) is 4. The first-order valence-electron chi connectivity index (χ1n) is 11.9. The SMILES string of the molecule is C=C/C=C(\C)N1CCN(C(=O)c2cc(CN3CCN(/C(C)=N/C=C)CC3)c(C)cc2C)CC1=O. The van der Waals surface area contributed by atoms with Crippen LogP contribution in [-0.2, 0) is 11.3 Å². The smallest absolute Gasteiger partial charge is 0.254 e. The van der Waals surface area contributed by atoms with Gasteiger partial charge in [-0.25, -0.2) is 4.99 Å². The topological polar surface area (TPSA) is 59.5 Å². The highest BCUT2D eigenvalue weighted by atomic mass is 16.2. The van der Waals surface area contributed by atoms with Crippen molar-refractivity contribution in [3.8, 4) is 0 Å². The van der Waals surface area contributed by atoms with Crippen molar-refractivity contribution in [3.63, 3.8) is 0 Å². The maximum Gasteiger partial charge on any atom is 0.254 e. The molecule has 0 spiro atoms. The maximum atomic E-state index is 13.4. The van der Waals surface area contributed by atoms with Crippen molar-refractivity contribution >= 4 is 17.6 Å². The molecule has 0 saturated carbocycles. The molecule has 1 aromatic carbocycles. The second kappa shape index (κ2) is 11.3. The number of hydrogen-bond donors (Lipinski definition) is 0. The van der Waals surface area contributed by atoms with Crippen molar-refractivity contribution < 1.29 is 9.59 Å². The number of carbonyl (C=O) groups is 2. The number of nitrogens with zero attached hydrogens (tertiary/aromatic N) is 5. The van der Waals surface area contributed by atoms with E-state index in [-0.39, 0.29) is 18.4 Å². The van der Waals surface area contributed by atoms with Crippen LogP contribution < -0.4 is 0 Å². The number of rotatable bonds is 6. The van der Waals surface area contributed by atoms with Crippen LogP contribution >= 0.6 is 0 Å². The molecule has 1 aromatic rings. The van der Waals surface area contributed by atoms with Gasteiger partial charge in [-0.2, -0.15) is 0 Å². The van der Waals surface area contributed by atoms with Crippen molar-refractivity contribution in [1.82, 2.24) is 19.6 Å². The van der Waals surface area contributed by atoms with E-state index in [0.717, 1.165) is 55.4 Å². The van der Waals surface area contributed by atoms with Crippen LogP contribution in [0.5, 0.6) is 0 Å². The fourth-order valence-corrected chi connectivity index (χ4v) is 4.63. The summed E-state index contributed by atoms with van der Waals surface area (Å²) < 4.78 is 0. The summed E-state index contributed by atoms with van der Waals surface area (Å²) in [4.78, 5) is 38.4. The van der Waals surface area contributed by atoms with Crippen LogP contribution in [0.1, 0.15) is 40.9 Å². The van der Waals surface area contributed by atoms with Gasteiger partial charge in [0.05, 0.1) is 0 Å². The van der Waals surface area contributed by atoms with Crippen LogP contribution in [0.3, 0.4) is 0 Å². The molecule has 0 N–H and O–H groups in total. The molecule has 0 aliphatic carbocycles. The fraction of sp³-hybridized carbons (Fsp3) is 0.444. The Labute approximate surface area is 203 Å². The highest BCUT2D eigenvalue weighted by Crippen LogP contribution is 2.22. The van der Waals surface area contributed by atoms with Gasteiger partial charge in [-0.3, -0.25) is 14.5 Å². The zero-order chi connectivity index (χ0) is 24.8. The lowest BCUT2D eigenvalue weighted by atomic mass is 9.98. The molecule has 2 aliphatic heterocycles. The van der Waals surface area contributed by atoms with Crippen molar-refractivity contribution in [2.75, 3.05) is 45.8 Å². The number of benzene rings is 1. The number of aliphatic imine (C=N–C) groups is 1. The van der Waals surface area contributed by atoms with E-state index >= 15 is 0 Å². The van der Waals surface area contributed by atoms with Crippen molar-refractivity contribution in [3.05, 3.63) is 71.6 Å². The van der Waals surface area contributed by atoms with Gasteiger partial charge >= 0.3 is 0 Å². The van der Waals surface area contributed by atoms with E-state index in [0.29, 0.717) is 18.7 Å². The molecule has 2 aliphatic rings. The molecule has 0 bridgehead atoms. The summed E-state index contributed by atoms with van der Waals surface area (Å²) in [6, 6.07) is 4.12. The lowest BCUT2D eigenvalue weighted by Crippen LogP contribution is -2.51. The quantitative estimate of drug-likeness (QED) is 0.369. The molecule has 0 atom stereocenters. The summed E-state index contributed by atoms with van der Waals surface area (Å²) >= 11 is 0. The Morgan fingerprint density at radius 1 is 1.00 bits per heavy atom. The zero-order valence-electron chi connectivity index (χ0n) is 21.0. The average molecular weight is 464 g/mol. The van der Waals surface area contributed by atoms with Crippen LogP contribution in [0.15, 0.2) is 54.3 Å². The molecular formula is C27H37N5O2. The Hall–Kier alpha value is -3.19. The van der Waals surface area contributed by atoms with E-state index in [9.17, 15) is 9.59 Å². The highest BCUT2D eigenvalue weighted by molar-refractivity contribution is 5.98. The summed E-state index contributed by atoms with van der Waals surface area (Å²) in [5.41, 5.74) is 4.84. The maximum absolute atomic E-state index is 13.4. The van der Waals surface area contributed by atoms with Crippen molar-refractivity contribution in [2.24, 2.45) is 4.99 Å². The third-order valence-corrected chi connectivity index (χ3v) is 6.71. The third-order valence-electron chi connectivity index (χ3n) is 6.71. The molecule has 0 radical (unpaired) electrons. The van der Waals surface area contributed by atoms with Gasteiger partial charge in [-0.15, -0.1) is 0 Å². The average Bonchev–Trinajstić information content (AvgIpc) is 2.81. The second-order valence-electron chi connectivity index (χ2n) is 9.03. The first kappa shape index (κ1) is 25.4. The van der Waals surface area contributed by atoms with Crippen LogP contribution in [0.4, 0.5) is 0 Å². The van der Waals surface area contributed by atoms with Gasteiger partial charge in [0.2, 0.25) is 5.91 Å². The Morgan fingerprint density at radius 2 is 1.68 bits per heavy atom. The van der Waals surface area contributed by atoms with Crippen LogP contribution in [0.25, 0.3) is 0 Å². The monoisotopic (exact) mass is 463 g/mol. The van der Waals surface area contributed by atoms with Gasteiger partial charge in [0.15, 0.2) is 0 Å². The number of allylic oxidation sites excluding steroid dienone is 3. The van der Waals surface area contributed by atoms with Crippen LogP contribution in [0.2, 0.25) is 0 Å². The Bertz CT molecular complexity index is 1020. The van der Waals surface area contributed by atoms with Gasteiger partial charge in [0.25, 0.3) is 5.91 Å². The largest absolute Gasteiger partial charge is 0.358 e. The third kappa shape index (κ3) is 5.83. The first-order chi connectivity index (χ1) is 16.2. The molecule has 3 rings (SSSR count). The van der Waals surface area contributed by atoms with E-state index in [1.165, 1.54) is 5.56 Å². The van der Waals surface area contributed by atoms with E-state index in [1.54, 1.807) is 22.1 Å². The van der Waals surface area contributed by atoms with Crippen LogP contribution in [-0.4, -0.2) is 83.1 Å². The summed E-state index contributed by atoms with van der Waals surface area (Å²) in [6.45, 7) is 21.0. The normalized spacial score (nSPS) is 18.4. The van der Waals surface area contributed by atoms with E-state index in [2.05, 4.69) is 40.9 Å². The highest BCUT2D eigenvalue weighted by Gasteiger charge is 2.29. The minimum atomic E-state index is -0.0711. The lowest BCUT2D eigenvalue weighted by molar-refractivity contribution is -0.132. The van der Waals surface area contributed by atoms with Gasteiger partial charge < -0.3 is 14.7 Å². The number of amides is 2. The van der Waals surface area contributed by atoms with Crippen molar-refractivity contribution in [2.45, 2.75) is 34.2 Å².